The van der Waals surface area contributed by atoms with Gasteiger partial charge < -0.3 is 9.30 Å². The Labute approximate surface area is 230 Å². The Balaban J connectivity index is 1.73. The van der Waals surface area contributed by atoms with Gasteiger partial charge in [0.25, 0.3) is 0 Å². The molecule has 0 spiro atoms. The first-order valence-corrected chi connectivity index (χ1v) is 16.3. The van der Waals surface area contributed by atoms with Crippen LogP contribution >= 0.6 is 11.6 Å². The largest absolute Gasteiger partial charge is 0.416 e. The zero-order valence-electron chi connectivity index (χ0n) is 22.0. The minimum atomic E-state index is -4.56. The summed E-state index contributed by atoms with van der Waals surface area (Å²) >= 11 is 5.99. The maximum atomic E-state index is 13.8. The quantitative estimate of drug-likeness (QED) is 0.112. The van der Waals surface area contributed by atoms with Gasteiger partial charge in [-0.25, -0.2) is 19.3 Å². The molecule has 0 unspecified atom stereocenters. The molecule has 7 nitrogen and oxygen atoms in total. The van der Waals surface area contributed by atoms with Gasteiger partial charge in [-0.05, 0) is 43.3 Å². The van der Waals surface area contributed by atoms with Crippen molar-refractivity contribution in [2.45, 2.75) is 52.1 Å². The molecule has 39 heavy (non-hydrogen) atoms. The summed E-state index contributed by atoms with van der Waals surface area (Å²) in [5, 5.41) is -0.0646. The third kappa shape index (κ3) is 7.25. The molecule has 4 aromatic rings. The number of aromatic nitrogens is 5. The van der Waals surface area contributed by atoms with E-state index in [1.165, 1.54) is 25.1 Å². The number of nitrogens with zero attached hydrogens (tertiary/aromatic N) is 6. The maximum Gasteiger partial charge on any atom is 0.416 e. The molecular weight excluding hydrogens is 552 g/mol. The average molecular weight is 581 g/mol. The summed E-state index contributed by atoms with van der Waals surface area (Å²) in [7, 11) is -1.31. The highest BCUT2D eigenvalue weighted by molar-refractivity contribution is 6.76. The van der Waals surface area contributed by atoms with Crippen LogP contribution in [0.3, 0.4) is 0 Å². The van der Waals surface area contributed by atoms with E-state index in [2.05, 4.69) is 34.6 Å². The molecule has 13 heteroatoms. The van der Waals surface area contributed by atoms with E-state index < -0.39 is 25.6 Å². The van der Waals surface area contributed by atoms with Crippen LogP contribution < -0.4 is 4.90 Å². The van der Waals surface area contributed by atoms with E-state index >= 15 is 0 Å². The predicted octanol–water partition coefficient (Wildman–Crippen LogP) is 7.23. The van der Waals surface area contributed by atoms with E-state index in [9.17, 15) is 17.6 Å². The number of alkyl halides is 3. The van der Waals surface area contributed by atoms with E-state index in [0.29, 0.717) is 24.1 Å². The molecule has 3 heterocycles. The van der Waals surface area contributed by atoms with Gasteiger partial charge in [0, 0.05) is 50.8 Å². The lowest BCUT2D eigenvalue weighted by atomic mass is 10.2. The Kier molecular flexibility index (Phi) is 8.47. The molecule has 0 aliphatic heterocycles. The number of anilines is 2. The number of aryl methyl sites for hydroxylation is 1. The van der Waals surface area contributed by atoms with Crippen LogP contribution in [0.5, 0.6) is 0 Å². The van der Waals surface area contributed by atoms with Crippen LogP contribution in [0.15, 0.2) is 55.1 Å². The summed E-state index contributed by atoms with van der Waals surface area (Å²) < 4.78 is 64.2. The van der Waals surface area contributed by atoms with Gasteiger partial charge in [-0.15, -0.1) is 0 Å². The van der Waals surface area contributed by atoms with Crippen LogP contribution in [0, 0.1) is 12.7 Å². The third-order valence-corrected chi connectivity index (χ3v) is 7.90. The van der Waals surface area contributed by atoms with Crippen molar-refractivity contribution in [3.8, 4) is 5.69 Å². The molecular formula is C26H29ClF4N6OSi. The summed E-state index contributed by atoms with van der Waals surface area (Å²) in [5.74, 6) is 0.261. The predicted molar refractivity (Wildman–Crippen MR) is 145 cm³/mol. The lowest BCUT2D eigenvalue weighted by molar-refractivity contribution is -0.137. The maximum absolute atomic E-state index is 13.8. The lowest BCUT2D eigenvalue weighted by Gasteiger charge is -2.25. The van der Waals surface area contributed by atoms with Crippen molar-refractivity contribution in [3.63, 3.8) is 0 Å². The van der Waals surface area contributed by atoms with Gasteiger partial charge in [0.2, 0.25) is 5.95 Å². The van der Waals surface area contributed by atoms with Crippen LogP contribution in [0.1, 0.15) is 17.1 Å². The van der Waals surface area contributed by atoms with Gasteiger partial charge in [0.05, 0.1) is 17.1 Å². The van der Waals surface area contributed by atoms with E-state index in [4.69, 9.17) is 16.3 Å². The van der Waals surface area contributed by atoms with Gasteiger partial charge in [-0.2, -0.15) is 13.2 Å². The zero-order valence-corrected chi connectivity index (χ0v) is 23.8. The van der Waals surface area contributed by atoms with Crippen LogP contribution in [-0.2, 0) is 24.2 Å². The number of hydrogen-bond acceptors (Lipinski definition) is 5. The summed E-state index contributed by atoms with van der Waals surface area (Å²) in [6, 6.07) is 7.17. The monoisotopic (exact) mass is 580 g/mol. The second kappa shape index (κ2) is 11.5. The van der Waals surface area contributed by atoms with E-state index in [-0.39, 0.29) is 29.8 Å². The zero-order chi connectivity index (χ0) is 28.4. The van der Waals surface area contributed by atoms with Gasteiger partial charge in [0.1, 0.15) is 24.2 Å². The number of rotatable bonds is 10. The number of pyridine rings is 1. The second-order valence-corrected chi connectivity index (χ2v) is 16.3. The third-order valence-electron chi connectivity index (χ3n) is 5.90. The molecule has 0 aliphatic rings. The molecule has 1 aromatic carbocycles. The molecule has 0 atom stereocenters. The Morgan fingerprint density at radius 3 is 2.49 bits per heavy atom. The summed E-state index contributed by atoms with van der Waals surface area (Å²) in [5.41, 5.74) is -0.0869. The normalized spacial score (nSPS) is 12.2. The lowest BCUT2D eigenvalue weighted by Crippen LogP contribution is -2.25. The van der Waals surface area contributed by atoms with Gasteiger partial charge >= 0.3 is 6.18 Å². The first-order chi connectivity index (χ1) is 18.3. The van der Waals surface area contributed by atoms with Crippen molar-refractivity contribution in [3.05, 3.63) is 83.0 Å². The Morgan fingerprint density at radius 1 is 1.05 bits per heavy atom. The standard InChI is InChI=1S/C26H29ClF4N6OSi/c1-18-13-19(26(29,30)31)14-23(34-18)37(25-33-7-9-35(25)17-38-11-12-39(2,3)4)16-24-32-8-10-36(24)20-5-6-22(28)21(27)15-20/h5-10,13-15H,11-12,16-17H2,1-4H3. The molecule has 0 radical (unpaired) electrons. The number of benzene rings is 1. The molecule has 208 valence electrons. The van der Waals surface area contributed by atoms with Crippen molar-refractivity contribution < 1.29 is 22.3 Å². The van der Waals surface area contributed by atoms with Crippen LogP contribution in [0.2, 0.25) is 30.7 Å². The topological polar surface area (TPSA) is 61.0 Å². The Morgan fingerprint density at radius 2 is 1.79 bits per heavy atom. The summed E-state index contributed by atoms with van der Waals surface area (Å²) in [6.07, 6.45) is 1.89. The first kappa shape index (κ1) is 28.8. The van der Waals surface area contributed by atoms with Gasteiger partial charge in [-0.1, -0.05) is 31.2 Å². The molecule has 4 rings (SSSR count). The van der Waals surface area contributed by atoms with E-state index in [1.807, 2.05) is 0 Å². The smallest absolute Gasteiger partial charge is 0.361 e. The highest BCUT2D eigenvalue weighted by atomic mass is 35.5. The number of halogens is 5. The molecule has 0 N–H and O–H groups in total. The van der Waals surface area contributed by atoms with Gasteiger partial charge in [0.15, 0.2) is 0 Å². The molecule has 3 aromatic heterocycles. The highest BCUT2D eigenvalue weighted by Crippen LogP contribution is 2.34. The SMILES string of the molecule is Cc1cc(C(F)(F)F)cc(N(Cc2nccn2-c2ccc(F)c(Cl)c2)c2nccn2COCC[Si](C)(C)C)n1. The molecule has 0 saturated heterocycles. The summed E-state index contributed by atoms with van der Waals surface area (Å²) in [6.45, 7) is 8.97. The molecule has 0 bridgehead atoms. The second-order valence-electron chi connectivity index (χ2n) is 10.3. The molecule has 0 amide bonds. The van der Waals surface area contributed by atoms with Crippen LogP contribution in [0.4, 0.5) is 29.3 Å². The van der Waals surface area contributed by atoms with Crippen molar-refractivity contribution in [1.82, 2.24) is 24.1 Å². The highest BCUT2D eigenvalue weighted by Gasteiger charge is 2.32. The van der Waals surface area contributed by atoms with Crippen LogP contribution in [-0.4, -0.2) is 38.8 Å². The summed E-state index contributed by atoms with van der Waals surface area (Å²) in [4.78, 5) is 14.8. The molecule has 0 saturated carbocycles. The van der Waals surface area contributed by atoms with Crippen molar-refractivity contribution >= 4 is 31.4 Å². The van der Waals surface area contributed by atoms with Crippen molar-refractivity contribution in [1.29, 1.82) is 0 Å². The number of ether oxygens (including phenoxy) is 1. The number of imidazole rings is 2. The Hall–Kier alpha value is -3.22. The first-order valence-electron chi connectivity index (χ1n) is 12.2. The van der Waals surface area contributed by atoms with E-state index in [1.54, 1.807) is 38.8 Å². The number of hydrogen-bond donors (Lipinski definition) is 0. The molecule has 0 fully saturated rings. The van der Waals surface area contributed by atoms with Crippen molar-refractivity contribution in [2.75, 3.05) is 11.5 Å². The minimum absolute atomic E-state index is 0.00165. The fraction of sp³-hybridized carbons (Fsp3) is 0.346. The fourth-order valence-electron chi connectivity index (χ4n) is 3.86. The van der Waals surface area contributed by atoms with Gasteiger partial charge in [-0.3, -0.25) is 9.47 Å². The Bertz CT molecular complexity index is 1430. The van der Waals surface area contributed by atoms with Crippen molar-refractivity contribution in [2.24, 2.45) is 0 Å². The minimum Gasteiger partial charge on any atom is -0.361 e. The molecule has 0 aliphatic carbocycles. The van der Waals surface area contributed by atoms with Crippen LogP contribution in [0.25, 0.3) is 5.69 Å². The fourth-order valence-corrected chi connectivity index (χ4v) is 4.79. The average Bonchev–Trinajstić information content (AvgIpc) is 3.50. The van der Waals surface area contributed by atoms with E-state index in [0.717, 1.165) is 18.2 Å².